The monoisotopic (exact) mass is 331 g/mol. The number of rotatable bonds is 3. The zero-order chi connectivity index (χ0) is 16.0. The molecule has 5 nitrogen and oxygen atoms in total. The third-order valence-corrected chi connectivity index (χ3v) is 6.31. The lowest BCUT2D eigenvalue weighted by molar-refractivity contribution is 0.0606. The van der Waals surface area contributed by atoms with Gasteiger partial charge in [0.25, 0.3) is 0 Å². The lowest BCUT2D eigenvalue weighted by atomic mass is 9.98. The lowest BCUT2D eigenvalue weighted by Gasteiger charge is -2.36. The fraction of sp³-hybridized carbons (Fsp3) is 0.529. The Hall–Kier alpha value is -1.66. The summed E-state index contributed by atoms with van der Waals surface area (Å²) in [7, 11) is 3.66. The van der Waals surface area contributed by atoms with E-state index in [0.29, 0.717) is 23.0 Å². The van der Waals surface area contributed by atoms with Crippen molar-refractivity contribution < 1.29 is 9.53 Å². The topological polar surface area (TPSA) is 54.5 Å². The highest BCUT2D eigenvalue weighted by Gasteiger charge is 2.38. The molecule has 23 heavy (non-hydrogen) atoms. The van der Waals surface area contributed by atoms with E-state index in [4.69, 9.17) is 4.74 Å². The summed E-state index contributed by atoms with van der Waals surface area (Å²) < 4.78 is 5.80. The van der Waals surface area contributed by atoms with Crippen molar-refractivity contribution in [3.63, 3.8) is 0 Å². The number of thiophene rings is 1. The summed E-state index contributed by atoms with van der Waals surface area (Å²) in [6, 6.07) is 5.84. The van der Waals surface area contributed by atoms with Crippen LogP contribution in [0.15, 0.2) is 18.3 Å². The first-order chi connectivity index (χ1) is 11.1. The summed E-state index contributed by atoms with van der Waals surface area (Å²) in [5.41, 5.74) is 0. The van der Waals surface area contributed by atoms with Gasteiger partial charge in [0.15, 0.2) is 0 Å². The van der Waals surface area contributed by atoms with Crippen molar-refractivity contribution in [2.75, 3.05) is 19.5 Å². The number of anilines is 1. The van der Waals surface area contributed by atoms with Gasteiger partial charge in [0.1, 0.15) is 10.7 Å². The van der Waals surface area contributed by atoms with Crippen molar-refractivity contribution in [2.45, 2.75) is 43.8 Å². The summed E-state index contributed by atoms with van der Waals surface area (Å²) in [6.45, 7) is 0. The Labute approximate surface area is 139 Å². The molecule has 2 aromatic rings. The molecule has 4 heterocycles. The summed E-state index contributed by atoms with van der Waals surface area (Å²) >= 11 is 1.42. The molecule has 1 N–H and O–H groups in total. The molecule has 0 aliphatic carbocycles. The van der Waals surface area contributed by atoms with Crippen LogP contribution in [0.25, 0.3) is 10.1 Å². The second-order valence-electron chi connectivity index (χ2n) is 6.57. The molecule has 2 unspecified atom stereocenters. The number of carbonyl (C=O) groups excluding carboxylic acids is 1. The molecule has 0 saturated carbocycles. The Balaban J connectivity index is 1.52. The number of methoxy groups -OCH3 is 1. The van der Waals surface area contributed by atoms with Crippen molar-refractivity contribution in [1.82, 2.24) is 9.88 Å². The van der Waals surface area contributed by atoms with E-state index in [1.165, 1.54) is 44.1 Å². The first-order valence-electron chi connectivity index (χ1n) is 8.10. The minimum Gasteiger partial charge on any atom is -0.465 e. The van der Waals surface area contributed by atoms with Gasteiger partial charge < -0.3 is 15.0 Å². The molecule has 0 amide bonds. The Bertz CT molecular complexity index is 731. The maximum absolute atomic E-state index is 11.6. The SMILES string of the molecule is COC(=O)c1cc2cc(NC3CC4CC[C@@H](C3)N4C)ncc2s1. The Morgan fingerprint density at radius 3 is 2.78 bits per heavy atom. The quantitative estimate of drug-likeness (QED) is 0.876. The Morgan fingerprint density at radius 2 is 2.09 bits per heavy atom. The molecule has 4 rings (SSSR count). The van der Waals surface area contributed by atoms with E-state index in [1.807, 2.05) is 18.3 Å². The van der Waals surface area contributed by atoms with Crippen molar-refractivity contribution >= 4 is 33.2 Å². The Morgan fingerprint density at radius 1 is 1.35 bits per heavy atom. The van der Waals surface area contributed by atoms with E-state index in [2.05, 4.69) is 22.2 Å². The number of hydrogen-bond donors (Lipinski definition) is 1. The smallest absolute Gasteiger partial charge is 0.348 e. The number of nitrogens with one attached hydrogen (secondary N) is 1. The van der Waals surface area contributed by atoms with Gasteiger partial charge in [-0.2, -0.15) is 0 Å². The fourth-order valence-corrected chi connectivity index (χ4v) is 4.89. The second kappa shape index (κ2) is 5.76. The van der Waals surface area contributed by atoms with Crippen molar-refractivity contribution in [1.29, 1.82) is 0 Å². The number of fused-ring (bicyclic) bond motifs is 3. The van der Waals surface area contributed by atoms with E-state index in [-0.39, 0.29) is 5.97 Å². The molecule has 2 aliphatic heterocycles. The molecule has 2 bridgehead atoms. The molecule has 122 valence electrons. The minimum atomic E-state index is -0.285. The first-order valence-corrected chi connectivity index (χ1v) is 8.92. The van der Waals surface area contributed by atoms with Gasteiger partial charge in [-0.1, -0.05) is 0 Å². The normalized spacial score (nSPS) is 27.3. The largest absolute Gasteiger partial charge is 0.465 e. The predicted molar refractivity (Wildman–Crippen MR) is 92.2 cm³/mol. The zero-order valence-electron chi connectivity index (χ0n) is 13.4. The van der Waals surface area contributed by atoms with Crippen molar-refractivity contribution in [3.05, 3.63) is 23.2 Å². The third kappa shape index (κ3) is 2.70. The van der Waals surface area contributed by atoms with E-state index >= 15 is 0 Å². The molecule has 2 saturated heterocycles. The highest BCUT2D eigenvalue weighted by atomic mass is 32.1. The van der Waals surface area contributed by atoms with E-state index in [0.717, 1.165) is 15.9 Å². The summed E-state index contributed by atoms with van der Waals surface area (Å²) in [5, 5.41) is 4.64. The van der Waals surface area contributed by atoms with Crippen molar-refractivity contribution in [2.24, 2.45) is 0 Å². The number of nitrogens with zero attached hydrogens (tertiary/aromatic N) is 2. The van der Waals surface area contributed by atoms with Crippen LogP contribution in [0.5, 0.6) is 0 Å². The summed E-state index contributed by atoms with van der Waals surface area (Å²) in [5.74, 6) is 0.619. The average Bonchev–Trinajstić information content (AvgIpc) is 3.04. The second-order valence-corrected chi connectivity index (χ2v) is 7.66. The van der Waals surface area contributed by atoms with Gasteiger partial charge >= 0.3 is 5.97 Å². The molecule has 6 heteroatoms. The van der Waals surface area contributed by atoms with Gasteiger partial charge in [0.05, 0.1) is 11.8 Å². The van der Waals surface area contributed by atoms with Crippen LogP contribution in [-0.4, -0.2) is 48.1 Å². The van der Waals surface area contributed by atoms with Crippen LogP contribution in [0, 0.1) is 0 Å². The first kappa shape index (κ1) is 14.9. The highest BCUT2D eigenvalue weighted by molar-refractivity contribution is 7.20. The summed E-state index contributed by atoms with van der Waals surface area (Å²) in [4.78, 5) is 19.3. The number of pyridine rings is 1. The Kier molecular flexibility index (Phi) is 3.73. The molecular formula is C17H21N3O2S. The number of piperidine rings is 1. The van der Waals surface area contributed by atoms with E-state index in [9.17, 15) is 4.79 Å². The van der Waals surface area contributed by atoms with Crippen LogP contribution in [0.4, 0.5) is 5.82 Å². The van der Waals surface area contributed by atoms with Crippen LogP contribution >= 0.6 is 11.3 Å². The van der Waals surface area contributed by atoms with Crippen LogP contribution < -0.4 is 5.32 Å². The maximum atomic E-state index is 11.6. The van der Waals surface area contributed by atoms with E-state index < -0.39 is 0 Å². The molecule has 3 atom stereocenters. The van der Waals surface area contributed by atoms with E-state index in [1.54, 1.807) is 0 Å². The standard InChI is InChI=1S/C17H21N3O2S/c1-20-12-3-4-13(20)8-11(7-12)19-16-6-10-5-14(17(21)22-2)23-15(10)9-18-16/h5-6,9,11-13H,3-4,7-8H2,1-2H3,(H,18,19)/t11?,12-,13?/m0/s1. The fourth-order valence-electron chi connectivity index (χ4n) is 3.96. The van der Waals surface area contributed by atoms with Crippen LogP contribution in [0.1, 0.15) is 35.4 Å². The lowest BCUT2D eigenvalue weighted by Crippen LogP contribution is -2.44. The summed E-state index contributed by atoms with van der Waals surface area (Å²) in [6.07, 6.45) is 6.85. The zero-order valence-corrected chi connectivity index (χ0v) is 14.2. The number of hydrogen-bond acceptors (Lipinski definition) is 6. The third-order valence-electron chi connectivity index (χ3n) is 5.24. The molecule has 2 aliphatic rings. The molecule has 0 radical (unpaired) electrons. The predicted octanol–water partition coefficient (Wildman–Crippen LogP) is 3.12. The number of ether oxygens (including phenoxy) is 1. The minimum absolute atomic E-state index is 0.285. The maximum Gasteiger partial charge on any atom is 0.348 e. The van der Waals surface area contributed by atoms with Gasteiger partial charge in [-0.3, -0.25) is 0 Å². The average molecular weight is 331 g/mol. The molecule has 2 aromatic heterocycles. The van der Waals surface area contributed by atoms with Gasteiger partial charge in [-0.25, -0.2) is 9.78 Å². The van der Waals surface area contributed by atoms with Gasteiger partial charge in [0.2, 0.25) is 0 Å². The van der Waals surface area contributed by atoms with Gasteiger partial charge in [-0.15, -0.1) is 11.3 Å². The van der Waals surface area contributed by atoms with Crippen LogP contribution in [0.3, 0.4) is 0 Å². The van der Waals surface area contributed by atoms with Crippen LogP contribution in [0.2, 0.25) is 0 Å². The van der Waals surface area contributed by atoms with Gasteiger partial charge in [0, 0.05) is 24.3 Å². The molecule has 2 fully saturated rings. The van der Waals surface area contributed by atoms with Gasteiger partial charge in [-0.05, 0) is 50.2 Å². The molecular weight excluding hydrogens is 310 g/mol. The molecule has 0 spiro atoms. The number of aromatic nitrogens is 1. The highest BCUT2D eigenvalue weighted by Crippen LogP contribution is 2.35. The number of esters is 1. The number of carbonyl (C=O) groups is 1. The van der Waals surface area contributed by atoms with Crippen LogP contribution in [-0.2, 0) is 4.74 Å². The van der Waals surface area contributed by atoms with Crippen molar-refractivity contribution in [3.8, 4) is 0 Å². The molecule has 0 aromatic carbocycles.